The molecule has 3 aromatic rings. The Hall–Kier alpha value is -2.41. The second kappa shape index (κ2) is 7.86. The monoisotopic (exact) mass is 371 g/mol. The van der Waals surface area contributed by atoms with E-state index in [-0.39, 0.29) is 11.9 Å². The fourth-order valence-corrected chi connectivity index (χ4v) is 3.81. The van der Waals surface area contributed by atoms with E-state index in [1.165, 1.54) is 0 Å². The van der Waals surface area contributed by atoms with Gasteiger partial charge >= 0.3 is 0 Å². The molecule has 1 aromatic carbocycles. The van der Waals surface area contributed by atoms with Gasteiger partial charge in [-0.1, -0.05) is 26.0 Å². The standard InChI is InChI=1S/C19H25N5OS/c1-5-15(18(25)20-11-13-12-26-19(21-13)23(3)4)24-16-10-8-7-9-14(16)22-17(24)6-2/h7-10,12,15H,5-6,11H2,1-4H3,(H,20,25). The summed E-state index contributed by atoms with van der Waals surface area (Å²) in [6.07, 6.45) is 1.50. The molecule has 2 aromatic heterocycles. The van der Waals surface area contributed by atoms with Crippen molar-refractivity contribution >= 4 is 33.4 Å². The lowest BCUT2D eigenvalue weighted by atomic mass is 10.2. The van der Waals surface area contributed by atoms with Crippen LogP contribution in [0, 0.1) is 0 Å². The summed E-state index contributed by atoms with van der Waals surface area (Å²) in [4.78, 5) is 24.1. The Morgan fingerprint density at radius 3 is 2.69 bits per heavy atom. The molecule has 26 heavy (non-hydrogen) atoms. The van der Waals surface area contributed by atoms with Crippen LogP contribution in [0.4, 0.5) is 5.13 Å². The summed E-state index contributed by atoms with van der Waals surface area (Å²) in [7, 11) is 3.93. The summed E-state index contributed by atoms with van der Waals surface area (Å²) in [5.41, 5.74) is 2.83. The molecule has 0 spiro atoms. The molecule has 0 aliphatic carbocycles. The van der Waals surface area contributed by atoms with Gasteiger partial charge in [0.05, 0.1) is 23.3 Å². The van der Waals surface area contributed by atoms with Crippen molar-refractivity contribution in [2.24, 2.45) is 0 Å². The molecule has 1 unspecified atom stereocenters. The van der Waals surface area contributed by atoms with Crippen molar-refractivity contribution in [1.29, 1.82) is 0 Å². The molecule has 6 nitrogen and oxygen atoms in total. The van der Waals surface area contributed by atoms with E-state index < -0.39 is 0 Å². The van der Waals surface area contributed by atoms with Crippen LogP contribution in [-0.4, -0.2) is 34.5 Å². The van der Waals surface area contributed by atoms with Crippen LogP contribution in [-0.2, 0) is 17.8 Å². The van der Waals surface area contributed by atoms with E-state index >= 15 is 0 Å². The topological polar surface area (TPSA) is 63.1 Å². The largest absolute Gasteiger partial charge is 0.354 e. The molecular formula is C19H25N5OS. The normalized spacial score (nSPS) is 12.3. The summed E-state index contributed by atoms with van der Waals surface area (Å²) >= 11 is 1.58. The third-order valence-corrected chi connectivity index (χ3v) is 5.41. The first-order valence-corrected chi connectivity index (χ1v) is 9.78. The number of hydrogen-bond acceptors (Lipinski definition) is 5. The number of aromatic nitrogens is 3. The van der Waals surface area contributed by atoms with Crippen LogP contribution in [0.3, 0.4) is 0 Å². The number of benzene rings is 1. The highest BCUT2D eigenvalue weighted by Gasteiger charge is 2.23. The van der Waals surface area contributed by atoms with Gasteiger partial charge in [0.1, 0.15) is 11.9 Å². The molecule has 1 atom stereocenters. The first-order chi connectivity index (χ1) is 12.5. The third kappa shape index (κ3) is 3.58. The zero-order valence-corrected chi connectivity index (χ0v) is 16.5. The van der Waals surface area contributed by atoms with Crippen LogP contribution in [0.25, 0.3) is 11.0 Å². The number of aryl methyl sites for hydroxylation is 1. The summed E-state index contributed by atoms with van der Waals surface area (Å²) < 4.78 is 2.08. The summed E-state index contributed by atoms with van der Waals surface area (Å²) in [5.74, 6) is 0.946. The van der Waals surface area contributed by atoms with E-state index in [0.717, 1.165) is 34.1 Å². The maximum Gasteiger partial charge on any atom is 0.243 e. The molecule has 138 valence electrons. The maximum atomic E-state index is 12.9. The first kappa shape index (κ1) is 18.4. The van der Waals surface area contributed by atoms with Crippen LogP contribution in [0.15, 0.2) is 29.6 Å². The third-order valence-electron chi connectivity index (χ3n) is 4.35. The van der Waals surface area contributed by atoms with E-state index in [1.807, 2.05) is 55.6 Å². The van der Waals surface area contributed by atoms with Crippen molar-refractivity contribution in [3.8, 4) is 0 Å². The van der Waals surface area contributed by atoms with Gasteiger partial charge in [0.15, 0.2) is 5.13 Å². The van der Waals surface area contributed by atoms with Gasteiger partial charge in [0.25, 0.3) is 0 Å². The summed E-state index contributed by atoms with van der Waals surface area (Å²) in [6.45, 7) is 4.54. The van der Waals surface area contributed by atoms with Gasteiger partial charge in [0, 0.05) is 25.9 Å². The predicted molar refractivity (Wildman–Crippen MR) is 107 cm³/mol. The van der Waals surface area contributed by atoms with E-state index in [9.17, 15) is 4.79 Å². The molecule has 0 bridgehead atoms. The number of para-hydroxylation sites is 2. The quantitative estimate of drug-likeness (QED) is 0.691. The van der Waals surface area contributed by atoms with Crippen molar-refractivity contribution in [1.82, 2.24) is 19.9 Å². The Morgan fingerprint density at radius 1 is 1.27 bits per heavy atom. The molecular weight excluding hydrogens is 346 g/mol. The van der Waals surface area contributed by atoms with Crippen molar-refractivity contribution in [2.45, 2.75) is 39.3 Å². The van der Waals surface area contributed by atoms with Gasteiger partial charge in [-0.25, -0.2) is 9.97 Å². The molecule has 0 fully saturated rings. The van der Waals surface area contributed by atoms with Crippen LogP contribution >= 0.6 is 11.3 Å². The number of imidazole rings is 1. The molecule has 0 saturated heterocycles. The minimum atomic E-state index is -0.274. The maximum absolute atomic E-state index is 12.9. The number of amides is 1. The number of anilines is 1. The molecule has 2 heterocycles. The van der Waals surface area contributed by atoms with Gasteiger partial charge in [-0.2, -0.15) is 0 Å². The minimum Gasteiger partial charge on any atom is -0.354 e. The van der Waals surface area contributed by atoms with E-state index in [2.05, 4.69) is 21.8 Å². The van der Waals surface area contributed by atoms with Crippen LogP contribution in [0.2, 0.25) is 0 Å². The smallest absolute Gasteiger partial charge is 0.243 e. The molecule has 7 heteroatoms. The fraction of sp³-hybridized carbons (Fsp3) is 0.421. The molecule has 1 amide bonds. The van der Waals surface area contributed by atoms with Crippen LogP contribution in [0.1, 0.15) is 37.8 Å². The van der Waals surface area contributed by atoms with Gasteiger partial charge in [0.2, 0.25) is 5.91 Å². The van der Waals surface area contributed by atoms with Crippen molar-refractivity contribution < 1.29 is 4.79 Å². The number of carbonyl (C=O) groups is 1. The van der Waals surface area contributed by atoms with Crippen molar-refractivity contribution in [3.63, 3.8) is 0 Å². The molecule has 0 aliphatic rings. The average Bonchev–Trinajstić information content (AvgIpc) is 3.26. The van der Waals surface area contributed by atoms with E-state index in [1.54, 1.807) is 11.3 Å². The first-order valence-electron chi connectivity index (χ1n) is 8.90. The van der Waals surface area contributed by atoms with Gasteiger partial charge in [-0.3, -0.25) is 4.79 Å². The number of nitrogens with zero attached hydrogens (tertiary/aromatic N) is 4. The summed E-state index contributed by atoms with van der Waals surface area (Å²) in [5, 5.41) is 5.97. The lowest BCUT2D eigenvalue weighted by molar-refractivity contribution is -0.124. The lowest BCUT2D eigenvalue weighted by Gasteiger charge is -2.19. The van der Waals surface area contributed by atoms with Crippen LogP contribution < -0.4 is 10.2 Å². The number of rotatable bonds is 7. The van der Waals surface area contributed by atoms with Crippen molar-refractivity contribution in [3.05, 3.63) is 41.2 Å². The Labute approximate surface area is 157 Å². The zero-order chi connectivity index (χ0) is 18.7. The highest BCUT2D eigenvalue weighted by Crippen LogP contribution is 2.24. The molecule has 1 N–H and O–H groups in total. The Bertz CT molecular complexity index is 898. The van der Waals surface area contributed by atoms with Crippen molar-refractivity contribution in [2.75, 3.05) is 19.0 Å². The van der Waals surface area contributed by atoms with E-state index in [0.29, 0.717) is 13.0 Å². The van der Waals surface area contributed by atoms with Crippen LogP contribution in [0.5, 0.6) is 0 Å². The molecule has 0 radical (unpaired) electrons. The highest BCUT2D eigenvalue weighted by molar-refractivity contribution is 7.13. The fourth-order valence-electron chi connectivity index (χ4n) is 3.06. The molecule has 0 aliphatic heterocycles. The number of thiazole rings is 1. The highest BCUT2D eigenvalue weighted by atomic mass is 32.1. The average molecular weight is 372 g/mol. The Morgan fingerprint density at radius 2 is 2.04 bits per heavy atom. The summed E-state index contributed by atoms with van der Waals surface area (Å²) in [6, 6.07) is 7.71. The second-order valence-corrected chi connectivity index (χ2v) is 7.23. The lowest BCUT2D eigenvalue weighted by Crippen LogP contribution is -2.32. The SMILES string of the molecule is CCc1nc2ccccc2n1C(CC)C(=O)NCc1csc(N(C)C)n1. The zero-order valence-electron chi connectivity index (χ0n) is 15.7. The molecule has 3 rings (SSSR count). The van der Waals surface area contributed by atoms with Gasteiger partial charge in [-0.15, -0.1) is 11.3 Å². The number of fused-ring (bicyclic) bond motifs is 1. The molecule has 0 saturated carbocycles. The van der Waals surface area contributed by atoms with Gasteiger partial charge < -0.3 is 14.8 Å². The minimum absolute atomic E-state index is 0.00440. The predicted octanol–water partition coefficient (Wildman–Crippen LogP) is 3.39. The number of nitrogens with one attached hydrogen (secondary N) is 1. The Kier molecular flexibility index (Phi) is 5.56. The number of carbonyl (C=O) groups excluding carboxylic acids is 1. The van der Waals surface area contributed by atoms with E-state index in [4.69, 9.17) is 4.98 Å². The second-order valence-electron chi connectivity index (χ2n) is 6.40. The van der Waals surface area contributed by atoms with Gasteiger partial charge in [-0.05, 0) is 18.6 Å². The number of hydrogen-bond donors (Lipinski definition) is 1. The Balaban J connectivity index is 1.81.